The molecule has 0 radical (unpaired) electrons. The minimum atomic E-state index is 0.0248. The number of amides is 1. The third-order valence-electron chi connectivity index (χ3n) is 4.35. The van der Waals surface area contributed by atoms with Gasteiger partial charge in [0, 0.05) is 25.7 Å². The summed E-state index contributed by atoms with van der Waals surface area (Å²) in [4.78, 5) is 16.8. The van der Waals surface area contributed by atoms with Gasteiger partial charge in [-0.05, 0) is 52.6 Å². The summed E-state index contributed by atoms with van der Waals surface area (Å²) in [7, 11) is 0. The van der Waals surface area contributed by atoms with Gasteiger partial charge in [0.2, 0.25) is 5.91 Å². The fourth-order valence-corrected chi connectivity index (χ4v) is 2.97. The summed E-state index contributed by atoms with van der Waals surface area (Å²) < 4.78 is 0. The summed E-state index contributed by atoms with van der Waals surface area (Å²) in [6.45, 7) is 15.4. The lowest BCUT2D eigenvalue weighted by atomic mass is 9.96. The quantitative estimate of drug-likeness (QED) is 0.776. The molecule has 1 N–H and O–H groups in total. The fourth-order valence-electron chi connectivity index (χ4n) is 2.97. The molecule has 0 aromatic heterocycles. The first-order chi connectivity index (χ1) is 9.49. The van der Waals surface area contributed by atoms with E-state index < -0.39 is 0 Å². The highest BCUT2D eigenvalue weighted by Crippen LogP contribution is 2.19. The van der Waals surface area contributed by atoms with Crippen LogP contribution < -0.4 is 5.32 Å². The minimum Gasteiger partial charge on any atom is -0.342 e. The number of likely N-dealkylation sites (tertiary alicyclic amines) is 1. The van der Waals surface area contributed by atoms with Crippen LogP contribution in [0.3, 0.4) is 0 Å². The maximum absolute atomic E-state index is 12.4. The summed E-state index contributed by atoms with van der Waals surface area (Å²) in [6.07, 6.45) is 2.49. The molecule has 1 saturated heterocycles. The van der Waals surface area contributed by atoms with E-state index in [9.17, 15) is 4.79 Å². The number of carbonyl (C=O) groups is 1. The van der Waals surface area contributed by atoms with E-state index in [-0.39, 0.29) is 11.9 Å². The first kappa shape index (κ1) is 17.4. The standard InChI is InChI=1S/C16H33N3O/c1-6-18(7-2)16(20)14(5)19-10-8-9-15(12-19)11-17-13(3)4/h13-15,17H,6-12H2,1-5H3. The van der Waals surface area contributed by atoms with E-state index >= 15 is 0 Å². The van der Waals surface area contributed by atoms with Crippen LogP contribution >= 0.6 is 0 Å². The molecule has 0 aromatic rings. The van der Waals surface area contributed by atoms with Gasteiger partial charge in [-0.25, -0.2) is 0 Å². The molecule has 1 aliphatic rings. The molecule has 1 heterocycles. The average Bonchev–Trinajstić information content (AvgIpc) is 2.45. The highest BCUT2D eigenvalue weighted by atomic mass is 16.2. The smallest absolute Gasteiger partial charge is 0.239 e. The van der Waals surface area contributed by atoms with Crippen molar-refractivity contribution in [2.24, 2.45) is 5.92 Å². The fraction of sp³-hybridized carbons (Fsp3) is 0.938. The van der Waals surface area contributed by atoms with Crippen LogP contribution in [0, 0.1) is 5.92 Å². The van der Waals surface area contributed by atoms with Crippen molar-refractivity contribution in [3.05, 3.63) is 0 Å². The van der Waals surface area contributed by atoms with Crippen molar-refractivity contribution in [3.8, 4) is 0 Å². The Morgan fingerprint density at radius 1 is 1.30 bits per heavy atom. The Morgan fingerprint density at radius 2 is 1.95 bits per heavy atom. The van der Waals surface area contributed by atoms with Crippen LogP contribution in [0.4, 0.5) is 0 Å². The van der Waals surface area contributed by atoms with E-state index in [1.807, 2.05) is 4.90 Å². The van der Waals surface area contributed by atoms with Crippen LogP contribution in [-0.2, 0) is 4.79 Å². The van der Waals surface area contributed by atoms with Gasteiger partial charge in [0.15, 0.2) is 0 Å². The maximum Gasteiger partial charge on any atom is 0.239 e. The number of nitrogens with one attached hydrogen (secondary N) is 1. The predicted octanol–water partition coefficient (Wildman–Crippen LogP) is 1.95. The molecule has 0 bridgehead atoms. The molecule has 2 unspecified atom stereocenters. The van der Waals surface area contributed by atoms with E-state index in [4.69, 9.17) is 0 Å². The molecule has 20 heavy (non-hydrogen) atoms. The van der Waals surface area contributed by atoms with Gasteiger partial charge in [0.05, 0.1) is 6.04 Å². The zero-order chi connectivity index (χ0) is 15.1. The zero-order valence-corrected chi connectivity index (χ0v) is 14.0. The van der Waals surface area contributed by atoms with E-state index in [2.05, 4.69) is 44.8 Å². The number of piperidine rings is 1. The van der Waals surface area contributed by atoms with Gasteiger partial charge >= 0.3 is 0 Å². The summed E-state index contributed by atoms with van der Waals surface area (Å²) in [5, 5.41) is 3.53. The average molecular weight is 283 g/mol. The third-order valence-corrected chi connectivity index (χ3v) is 4.35. The molecule has 0 aromatic carbocycles. The lowest BCUT2D eigenvalue weighted by Gasteiger charge is -2.38. The van der Waals surface area contributed by atoms with Crippen LogP contribution in [-0.4, -0.2) is 60.5 Å². The molecule has 1 amide bonds. The Morgan fingerprint density at radius 3 is 2.50 bits per heavy atom. The van der Waals surface area contributed by atoms with Crippen molar-refractivity contribution in [2.45, 2.75) is 59.5 Å². The summed E-state index contributed by atoms with van der Waals surface area (Å²) in [6, 6.07) is 0.567. The van der Waals surface area contributed by atoms with Gasteiger partial charge < -0.3 is 10.2 Å². The Hall–Kier alpha value is -0.610. The Balaban J connectivity index is 2.51. The monoisotopic (exact) mass is 283 g/mol. The van der Waals surface area contributed by atoms with Gasteiger partial charge in [-0.3, -0.25) is 9.69 Å². The van der Waals surface area contributed by atoms with Crippen molar-refractivity contribution in [1.29, 1.82) is 0 Å². The Bertz CT molecular complexity index is 289. The second-order valence-corrected chi connectivity index (χ2v) is 6.25. The van der Waals surface area contributed by atoms with E-state index in [0.29, 0.717) is 12.0 Å². The summed E-state index contributed by atoms with van der Waals surface area (Å²) >= 11 is 0. The number of nitrogens with zero attached hydrogens (tertiary/aromatic N) is 2. The summed E-state index contributed by atoms with van der Waals surface area (Å²) in [5.74, 6) is 0.963. The van der Waals surface area contributed by atoms with Crippen LogP contribution in [0.25, 0.3) is 0 Å². The SMILES string of the molecule is CCN(CC)C(=O)C(C)N1CCCC(CNC(C)C)C1. The van der Waals surface area contributed by atoms with Gasteiger partial charge in [-0.2, -0.15) is 0 Å². The largest absolute Gasteiger partial charge is 0.342 e. The number of carbonyl (C=O) groups excluding carboxylic acids is 1. The van der Waals surface area contributed by atoms with Crippen molar-refractivity contribution < 1.29 is 4.79 Å². The van der Waals surface area contributed by atoms with Crippen LogP contribution in [0.5, 0.6) is 0 Å². The van der Waals surface area contributed by atoms with E-state index in [0.717, 1.165) is 32.7 Å². The summed E-state index contributed by atoms with van der Waals surface area (Å²) in [5.41, 5.74) is 0. The lowest BCUT2D eigenvalue weighted by Crippen LogP contribution is -2.51. The third kappa shape index (κ3) is 5.06. The predicted molar refractivity (Wildman–Crippen MR) is 84.8 cm³/mol. The molecule has 1 rings (SSSR count). The maximum atomic E-state index is 12.4. The molecule has 0 aliphatic carbocycles. The minimum absolute atomic E-state index is 0.0248. The molecular formula is C16H33N3O. The molecule has 1 fully saturated rings. The number of rotatable bonds is 7. The van der Waals surface area contributed by atoms with Crippen LogP contribution in [0.2, 0.25) is 0 Å². The highest BCUT2D eigenvalue weighted by molar-refractivity contribution is 5.81. The van der Waals surface area contributed by atoms with Crippen LogP contribution in [0.15, 0.2) is 0 Å². The van der Waals surface area contributed by atoms with Crippen molar-refractivity contribution >= 4 is 5.91 Å². The van der Waals surface area contributed by atoms with E-state index in [1.165, 1.54) is 12.8 Å². The van der Waals surface area contributed by atoms with Crippen molar-refractivity contribution in [1.82, 2.24) is 15.1 Å². The number of likely N-dealkylation sites (N-methyl/N-ethyl adjacent to an activating group) is 1. The van der Waals surface area contributed by atoms with Gasteiger partial charge in [0.1, 0.15) is 0 Å². The lowest BCUT2D eigenvalue weighted by molar-refractivity contribution is -0.136. The van der Waals surface area contributed by atoms with Gasteiger partial charge in [-0.15, -0.1) is 0 Å². The molecule has 2 atom stereocenters. The van der Waals surface area contributed by atoms with E-state index in [1.54, 1.807) is 0 Å². The zero-order valence-electron chi connectivity index (χ0n) is 14.0. The number of hydrogen-bond donors (Lipinski definition) is 1. The number of hydrogen-bond acceptors (Lipinski definition) is 3. The molecule has 0 saturated carbocycles. The van der Waals surface area contributed by atoms with Gasteiger partial charge in [0.25, 0.3) is 0 Å². The van der Waals surface area contributed by atoms with Gasteiger partial charge in [-0.1, -0.05) is 13.8 Å². The normalized spacial score (nSPS) is 22.0. The molecule has 1 aliphatic heterocycles. The molecule has 4 nitrogen and oxygen atoms in total. The molecular weight excluding hydrogens is 250 g/mol. The van der Waals surface area contributed by atoms with Crippen LogP contribution in [0.1, 0.15) is 47.5 Å². The molecule has 4 heteroatoms. The topological polar surface area (TPSA) is 35.6 Å². The second-order valence-electron chi connectivity index (χ2n) is 6.25. The molecule has 0 spiro atoms. The first-order valence-electron chi connectivity index (χ1n) is 8.25. The molecule has 118 valence electrons. The van der Waals surface area contributed by atoms with Crippen molar-refractivity contribution in [3.63, 3.8) is 0 Å². The highest BCUT2D eigenvalue weighted by Gasteiger charge is 2.29. The first-order valence-corrected chi connectivity index (χ1v) is 8.25. The second kappa shape index (κ2) is 8.63. The Kier molecular flexibility index (Phi) is 7.52. The van der Waals surface area contributed by atoms with Crippen molar-refractivity contribution in [2.75, 3.05) is 32.7 Å². The Labute approximate surface area is 124 Å².